The Morgan fingerprint density at radius 1 is 1.17 bits per heavy atom. The molecule has 0 saturated carbocycles. The summed E-state index contributed by atoms with van der Waals surface area (Å²) in [5, 5.41) is 8.07. The minimum absolute atomic E-state index is 0.329. The number of hydrogen-bond acceptors (Lipinski definition) is 1. The molecule has 0 aliphatic carbocycles. The number of nitrogens with one attached hydrogen (secondary N) is 1. The van der Waals surface area contributed by atoms with Gasteiger partial charge in [0, 0.05) is 18.5 Å². The van der Waals surface area contributed by atoms with E-state index < -0.39 is 0 Å². The molecular weight excluding hydrogens is 222 g/mol. The van der Waals surface area contributed by atoms with E-state index in [1.807, 2.05) is 11.8 Å². The molecule has 0 aliphatic heterocycles. The van der Waals surface area contributed by atoms with Gasteiger partial charge in [-0.15, -0.1) is 0 Å². The van der Waals surface area contributed by atoms with Gasteiger partial charge in [0.05, 0.1) is 0 Å². The highest BCUT2D eigenvalue weighted by atomic mass is 15.3. The highest BCUT2D eigenvalue weighted by Crippen LogP contribution is 2.14. The van der Waals surface area contributed by atoms with Gasteiger partial charge in [-0.25, -0.2) is 4.99 Å². The standard InChI is InChI=1S/C15H27N3/c1-6-9-10-14(13(4)5)18(12-8-3)15(16)17-11-7-2/h9-11,16H,6-8,12H2,1-5H3/b10-9-,16-15?,17-11-. The predicted molar refractivity (Wildman–Crippen MR) is 81.3 cm³/mol. The first-order chi connectivity index (χ1) is 8.58. The maximum absolute atomic E-state index is 8.07. The number of guanidine groups is 1. The van der Waals surface area contributed by atoms with Crippen molar-refractivity contribution in [2.45, 2.75) is 53.9 Å². The van der Waals surface area contributed by atoms with Crippen LogP contribution in [0.15, 0.2) is 28.4 Å². The summed E-state index contributed by atoms with van der Waals surface area (Å²) in [6.45, 7) is 11.2. The van der Waals surface area contributed by atoms with Crippen molar-refractivity contribution in [3.05, 3.63) is 23.4 Å². The van der Waals surface area contributed by atoms with E-state index in [1.54, 1.807) is 6.21 Å². The zero-order valence-corrected chi connectivity index (χ0v) is 12.5. The van der Waals surface area contributed by atoms with Gasteiger partial charge in [0.25, 0.3) is 0 Å². The van der Waals surface area contributed by atoms with Gasteiger partial charge in [0.1, 0.15) is 0 Å². The van der Waals surface area contributed by atoms with Gasteiger partial charge >= 0.3 is 0 Å². The number of nitrogens with zero attached hydrogens (tertiary/aromatic N) is 2. The van der Waals surface area contributed by atoms with Crippen LogP contribution in [-0.4, -0.2) is 23.6 Å². The van der Waals surface area contributed by atoms with Gasteiger partial charge < -0.3 is 4.90 Å². The first-order valence-corrected chi connectivity index (χ1v) is 6.81. The zero-order chi connectivity index (χ0) is 14.0. The second-order valence-corrected chi connectivity index (χ2v) is 4.39. The second-order valence-electron chi connectivity index (χ2n) is 4.39. The molecule has 1 N–H and O–H groups in total. The molecule has 0 aromatic heterocycles. The molecule has 0 aromatic rings. The van der Waals surface area contributed by atoms with Crippen LogP contribution < -0.4 is 0 Å². The molecule has 0 atom stereocenters. The van der Waals surface area contributed by atoms with E-state index in [9.17, 15) is 0 Å². The van der Waals surface area contributed by atoms with Gasteiger partial charge in [-0.1, -0.05) is 32.4 Å². The minimum atomic E-state index is 0.329. The number of aliphatic imine (C=N–C) groups is 1. The van der Waals surface area contributed by atoms with Crippen molar-refractivity contribution in [2.24, 2.45) is 4.99 Å². The largest absolute Gasteiger partial charge is 0.311 e. The van der Waals surface area contributed by atoms with E-state index >= 15 is 0 Å². The Kier molecular flexibility index (Phi) is 8.89. The number of rotatable bonds is 6. The van der Waals surface area contributed by atoms with Gasteiger partial charge in [-0.2, -0.15) is 0 Å². The molecular formula is C15H27N3. The van der Waals surface area contributed by atoms with Gasteiger partial charge in [0.2, 0.25) is 5.96 Å². The van der Waals surface area contributed by atoms with Crippen molar-refractivity contribution < 1.29 is 0 Å². The first kappa shape index (κ1) is 16.6. The third-order valence-electron chi connectivity index (χ3n) is 2.41. The van der Waals surface area contributed by atoms with Crippen molar-refractivity contribution in [3.8, 4) is 0 Å². The lowest BCUT2D eigenvalue weighted by atomic mass is 10.2. The van der Waals surface area contributed by atoms with Crippen LogP contribution in [0.4, 0.5) is 0 Å². The van der Waals surface area contributed by atoms with E-state index in [2.05, 4.69) is 44.8 Å². The maximum Gasteiger partial charge on any atom is 0.221 e. The summed E-state index contributed by atoms with van der Waals surface area (Å²) in [5.74, 6) is 0.329. The molecule has 18 heavy (non-hydrogen) atoms. The lowest BCUT2D eigenvalue weighted by Crippen LogP contribution is -2.29. The highest BCUT2D eigenvalue weighted by Gasteiger charge is 2.12. The fourth-order valence-corrected chi connectivity index (χ4v) is 1.57. The summed E-state index contributed by atoms with van der Waals surface area (Å²) in [6, 6.07) is 0. The molecule has 0 aliphatic rings. The normalized spacial score (nSPS) is 11.2. The summed E-state index contributed by atoms with van der Waals surface area (Å²) >= 11 is 0. The van der Waals surface area contributed by atoms with Crippen LogP contribution in [0, 0.1) is 5.41 Å². The van der Waals surface area contributed by atoms with Gasteiger partial charge in [-0.05, 0) is 39.2 Å². The Balaban J connectivity index is 5.16. The Bertz CT molecular complexity index is 334. The van der Waals surface area contributed by atoms with Gasteiger partial charge in [-0.3, -0.25) is 5.41 Å². The molecule has 0 rings (SSSR count). The minimum Gasteiger partial charge on any atom is -0.311 e. The van der Waals surface area contributed by atoms with E-state index in [0.29, 0.717) is 5.96 Å². The van der Waals surface area contributed by atoms with Gasteiger partial charge in [0.15, 0.2) is 0 Å². The summed E-state index contributed by atoms with van der Waals surface area (Å²) < 4.78 is 0. The molecule has 3 nitrogen and oxygen atoms in total. The molecule has 0 radical (unpaired) electrons. The topological polar surface area (TPSA) is 39.5 Å². The van der Waals surface area contributed by atoms with Crippen LogP contribution in [0.1, 0.15) is 53.9 Å². The van der Waals surface area contributed by atoms with E-state index in [0.717, 1.165) is 31.5 Å². The molecule has 0 unspecified atom stereocenters. The van der Waals surface area contributed by atoms with Crippen LogP contribution in [0.2, 0.25) is 0 Å². The highest BCUT2D eigenvalue weighted by molar-refractivity contribution is 5.87. The van der Waals surface area contributed by atoms with E-state index in [1.165, 1.54) is 5.57 Å². The van der Waals surface area contributed by atoms with Crippen LogP contribution >= 0.6 is 0 Å². The van der Waals surface area contributed by atoms with E-state index in [-0.39, 0.29) is 0 Å². The Morgan fingerprint density at radius 3 is 2.28 bits per heavy atom. The van der Waals surface area contributed by atoms with Crippen LogP contribution in [0.25, 0.3) is 0 Å². The average Bonchev–Trinajstić information content (AvgIpc) is 2.34. The SMILES string of the molecule is CC/C=C\C(=C(C)C)N(CCC)C(=N)/N=C\CC. The van der Waals surface area contributed by atoms with Crippen molar-refractivity contribution >= 4 is 12.2 Å². The smallest absolute Gasteiger partial charge is 0.221 e. The fourth-order valence-electron chi connectivity index (χ4n) is 1.57. The maximum atomic E-state index is 8.07. The number of allylic oxidation sites excluding steroid dienone is 3. The number of hydrogen-bond donors (Lipinski definition) is 1. The lowest BCUT2D eigenvalue weighted by Gasteiger charge is -2.24. The Labute approximate surface area is 112 Å². The summed E-state index contributed by atoms with van der Waals surface area (Å²) in [4.78, 5) is 6.17. The molecule has 0 spiro atoms. The van der Waals surface area contributed by atoms with Crippen molar-refractivity contribution in [1.82, 2.24) is 4.90 Å². The molecule has 102 valence electrons. The zero-order valence-electron chi connectivity index (χ0n) is 12.5. The Hall–Kier alpha value is -1.38. The molecule has 0 fully saturated rings. The van der Waals surface area contributed by atoms with Crippen molar-refractivity contribution in [1.29, 1.82) is 5.41 Å². The average molecular weight is 249 g/mol. The van der Waals surface area contributed by atoms with Crippen LogP contribution in [0.3, 0.4) is 0 Å². The molecule has 0 saturated heterocycles. The third-order valence-corrected chi connectivity index (χ3v) is 2.41. The van der Waals surface area contributed by atoms with Crippen LogP contribution in [-0.2, 0) is 0 Å². The fraction of sp³-hybridized carbons (Fsp3) is 0.600. The predicted octanol–water partition coefficient (Wildman–Crippen LogP) is 4.37. The molecule has 0 aromatic carbocycles. The Morgan fingerprint density at radius 2 is 1.83 bits per heavy atom. The molecule has 0 amide bonds. The second kappa shape index (κ2) is 9.63. The summed E-state index contributed by atoms with van der Waals surface area (Å²) in [7, 11) is 0. The monoisotopic (exact) mass is 249 g/mol. The summed E-state index contributed by atoms with van der Waals surface area (Å²) in [5.41, 5.74) is 2.31. The third kappa shape index (κ3) is 5.80. The molecule has 3 heteroatoms. The van der Waals surface area contributed by atoms with Crippen molar-refractivity contribution in [3.63, 3.8) is 0 Å². The first-order valence-electron chi connectivity index (χ1n) is 6.81. The molecule has 0 heterocycles. The van der Waals surface area contributed by atoms with E-state index in [4.69, 9.17) is 5.41 Å². The lowest BCUT2D eigenvalue weighted by molar-refractivity contribution is 0.507. The quantitative estimate of drug-likeness (QED) is 0.423. The van der Waals surface area contributed by atoms with Crippen molar-refractivity contribution in [2.75, 3.05) is 6.54 Å². The van der Waals surface area contributed by atoms with Crippen LogP contribution in [0.5, 0.6) is 0 Å². The molecule has 0 bridgehead atoms. The summed E-state index contributed by atoms with van der Waals surface area (Å²) in [6.07, 6.45) is 8.88.